The average Bonchev–Trinajstić information content (AvgIpc) is 2.79. The largest absolute Gasteiger partial charge is 0.347 e. The Balaban J connectivity index is 2.02. The second kappa shape index (κ2) is 5.79. The maximum absolute atomic E-state index is 12.6. The molecule has 1 amide bonds. The van der Waals surface area contributed by atoms with Gasteiger partial charge in [-0.3, -0.25) is 4.79 Å². The van der Waals surface area contributed by atoms with Gasteiger partial charge in [-0.1, -0.05) is 35.9 Å². The lowest BCUT2D eigenvalue weighted by molar-refractivity contribution is 0.0982. The number of fused-ring (bicyclic) bond motifs is 1. The standard InChI is InChI=1S/C18H18N2O3S/c1-12-8-10-14(11-9-12)24(22,23)19-18(21)17-13(2)20(3)16-7-5-4-6-15(16)17/h4-11H,1-3H3,(H,19,21). The smallest absolute Gasteiger partial charge is 0.267 e. The van der Waals surface area contributed by atoms with Crippen molar-refractivity contribution in [3.63, 3.8) is 0 Å². The number of sulfonamides is 1. The highest BCUT2D eigenvalue weighted by atomic mass is 32.2. The van der Waals surface area contributed by atoms with E-state index in [2.05, 4.69) is 4.72 Å². The first-order chi connectivity index (χ1) is 11.3. The van der Waals surface area contributed by atoms with Gasteiger partial charge in [0, 0.05) is 23.6 Å². The molecule has 1 aromatic heterocycles. The molecule has 2 aromatic carbocycles. The molecule has 0 fully saturated rings. The van der Waals surface area contributed by atoms with Gasteiger partial charge in [0.15, 0.2) is 0 Å². The molecule has 0 atom stereocenters. The molecule has 0 aliphatic rings. The van der Waals surface area contributed by atoms with E-state index in [1.165, 1.54) is 12.1 Å². The van der Waals surface area contributed by atoms with E-state index in [-0.39, 0.29) is 4.90 Å². The van der Waals surface area contributed by atoms with Crippen molar-refractivity contribution in [2.75, 3.05) is 0 Å². The molecule has 0 aliphatic carbocycles. The molecule has 124 valence electrons. The fourth-order valence-electron chi connectivity index (χ4n) is 2.76. The minimum atomic E-state index is -3.91. The van der Waals surface area contributed by atoms with Crippen LogP contribution in [0.3, 0.4) is 0 Å². The Bertz CT molecular complexity index is 1030. The van der Waals surface area contributed by atoms with Crippen molar-refractivity contribution in [2.24, 2.45) is 7.05 Å². The average molecular weight is 342 g/mol. The summed E-state index contributed by atoms with van der Waals surface area (Å²) in [7, 11) is -2.06. The second-order valence-corrected chi connectivity index (χ2v) is 7.47. The zero-order chi connectivity index (χ0) is 17.5. The normalized spacial score (nSPS) is 11.6. The van der Waals surface area contributed by atoms with E-state index in [1.54, 1.807) is 19.1 Å². The molecule has 0 saturated carbocycles. The lowest BCUT2D eigenvalue weighted by atomic mass is 10.1. The first-order valence-corrected chi connectivity index (χ1v) is 8.97. The van der Waals surface area contributed by atoms with Gasteiger partial charge in [0.25, 0.3) is 15.9 Å². The van der Waals surface area contributed by atoms with Crippen LogP contribution in [0.1, 0.15) is 21.6 Å². The number of nitrogens with zero attached hydrogens (tertiary/aromatic N) is 1. The van der Waals surface area contributed by atoms with Crippen LogP contribution in [-0.4, -0.2) is 18.9 Å². The predicted octanol–water partition coefficient (Wildman–Crippen LogP) is 2.91. The van der Waals surface area contributed by atoms with E-state index in [9.17, 15) is 13.2 Å². The SMILES string of the molecule is Cc1ccc(S(=O)(=O)NC(=O)c2c(C)n(C)c3ccccc23)cc1. The lowest BCUT2D eigenvalue weighted by Gasteiger charge is -2.08. The molecule has 3 aromatic rings. The summed E-state index contributed by atoms with van der Waals surface area (Å²) in [6, 6.07) is 13.8. The fraction of sp³-hybridized carbons (Fsp3) is 0.167. The Kier molecular flexibility index (Phi) is 3.93. The molecule has 5 nitrogen and oxygen atoms in total. The zero-order valence-corrected chi connectivity index (χ0v) is 14.5. The Morgan fingerprint density at radius 3 is 2.29 bits per heavy atom. The fourth-order valence-corrected chi connectivity index (χ4v) is 3.72. The molecule has 24 heavy (non-hydrogen) atoms. The van der Waals surface area contributed by atoms with E-state index < -0.39 is 15.9 Å². The summed E-state index contributed by atoms with van der Waals surface area (Å²) in [5.41, 5.74) is 2.93. The van der Waals surface area contributed by atoms with Gasteiger partial charge in [0.2, 0.25) is 0 Å². The summed E-state index contributed by atoms with van der Waals surface area (Å²) in [4.78, 5) is 12.7. The van der Waals surface area contributed by atoms with Gasteiger partial charge in [-0.05, 0) is 32.0 Å². The van der Waals surface area contributed by atoms with Crippen molar-refractivity contribution in [3.05, 3.63) is 65.4 Å². The Labute approximate surface area is 141 Å². The lowest BCUT2D eigenvalue weighted by Crippen LogP contribution is -2.31. The van der Waals surface area contributed by atoms with Gasteiger partial charge >= 0.3 is 0 Å². The number of carbonyl (C=O) groups is 1. The Morgan fingerprint density at radius 2 is 1.62 bits per heavy atom. The maximum Gasteiger partial charge on any atom is 0.267 e. The topological polar surface area (TPSA) is 68.2 Å². The van der Waals surface area contributed by atoms with Crippen LogP contribution in [0.15, 0.2) is 53.4 Å². The van der Waals surface area contributed by atoms with Gasteiger partial charge in [-0.2, -0.15) is 0 Å². The van der Waals surface area contributed by atoms with Crippen LogP contribution < -0.4 is 4.72 Å². The molecule has 1 heterocycles. The third-order valence-corrected chi connectivity index (χ3v) is 5.53. The van der Waals surface area contributed by atoms with Crippen LogP contribution in [0.2, 0.25) is 0 Å². The monoisotopic (exact) mass is 342 g/mol. The van der Waals surface area contributed by atoms with Gasteiger partial charge in [-0.15, -0.1) is 0 Å². The number of rotatable bonds is 3. The summed E-state index contributed by atoms with van der Waals surface area (Å²) >= 11 is 0. The van der Waals surface area contributed by atoms with E-state index in [0.717, 1.165) is 16.5 Å². The van der Waals surface area contributed by atoms with Crippen LogP contribution in [0.25, 0.3) is 10.9 Å². The summed E-state index contributed by atoms with van der Waals surface area (Å²) < 4.78 is 28.9. The minimum Gasteiger partial charge on any atom is -0.347 e. The third kappa shape index (κ3) is 2.69. The predicted molar refractivity (Wildman–Crippen MR) is 93.5 cm³/mol. The molecule has 0 unspecified atom stereocenters. The van der Waals surface area contributed by atoms with Crippen molar-refractivity contribution >= 4 is 26.8 Å². The molecule has 0 spiro atoms. The third-order valence-electron chi connectivity index (χ3n) is 4.19. The van der Waals surface area contributed by atoms with Crippen LogP contribution in [-0.2, 0) is 17.1 Å². The number of aryl methyl sites for hydroxylation is 2. The number of aromatic nitrogens is 1. The highest BCUT2D eigenvalue weighted by molar-refractivity contribution is 7.90. The highest BCUT2D eigenvalue weighted by Crippen LogP contribution is 2.25. The van der Waals surface area contributed by atoms with E-state index in [0.29, 0.717) is 11.3 Å². The summed E-state index contributed by atoms with van der Waals surface area (Å²) in [6.07, 6.45) is 0. The molecule has 1 N–H and O–H groups in total. The van der Waals surface area contributed by atoms with Crippen LogP contribution >= 0.6 is 0 Å². The zero-order valence-electron chi connectivity index (χ0n) is 13.7. The first-order valence-electron chi connectivity index (χ1n) is 7.49. The Morgan fingerprint density at radius 1 is 1.00 bits per heavy atom. The number of carbonyl (C=O) groups excluding carboxylic acids is 1. The van der Waals surface area contributed by atoms with Crippen LogP contribution in [0.5, 0.6) is 0 Å². The molecule has 0 saturated heterocycles. The maximum atomic E-state index is 12.6. The number of benzene rings is 2. The molecule has 0 radical (unpaired) electrons. The molecule has 0 aliphatic heterocycles. The van der Waals surface area contributed by atoms with Crippen molar-refractivity contribution in [1.29, 1.82) is 0 Å². The molecule has 3 rings (SSSR count). The van der Waals surface area contributed by atoms with Crippen LogP contribution in [0, 0.1) is 13.8 Å². The molecular weight excluding hydrogens is 324 g/mol. The molecular formula is C18H18N2O3S. The Hall–Kier alpha value is -2.60. The molecule has 0 bridgehead atoms. The van der Waals surface area contributed by atoms with Crippen LogP contribution in [0.4, 0.5) is 0 Å². The van der Waals surface area contributed by atoms with Gasteiger partial charge in [0.1, 0.15) is 0 Å². The number of nitrogens with one attached hydrogen (secondary N) is 1. The number of amides is 1. The van der Waals surface area contributed by atoms with Crippen molar-refractivity contribution in [1.82, 2.24) is 9.29 Å². The molecule has 6 heteroatoms. The van der Waals surface area contributed by atoms with Gasteiger partial charge in [0.05, 0.1) is 10.5 Å². The van der Waals surface area contributed by atoms with Gasteiger partial charge in [-0.25, -0.2) is 13.1 Å². The van der Waals surface area contributed by atoms with Crippen molar-refractivity contribution < 1.29 is 13.2 Å². The summed E-state index contributed by atoms with van der Waals surface area (Å²) in [6.45, 7) is 3.67. The van der Waals surface area contributed by atoms with E-state index in [4.69, 9.17) is 0 Å². The number of hydrogen-bond donors (Lipinski definition) is 1. The number of para-hydroxylation sites is 1. The summed E-state index contributed by atoms with van der Waals surface area (Å²) in [5.74, 6) is -0.620. The van der Waals surface area contributed by atoms with Crippen molar-refractivity contribution in [2.45, 2.75) is 18.7 Å². The van der Waals surface area contributed by atoms with Crippen molar-refractivity contribution in [3.8, 4) is 0 Å². The summed E-state index contributed by atoms with van der Waals surface area (Å²) in [5, 5.41) is 0.731. The van der Waals surface area contributed by atoms with Gasteiger partial charge < -0.3 is 4.57 Å². The number of hydrogen-bond acceptors (Lipinski definition) is 3. The first kappa shape index (κ1) is 16.3. The quantitative estimate of drug-likeness (QED) is 0.796. The van der Waals surface area contributed by atoms with E-state index in [1.807, 2.05) is 42.8 Å². The minimum absolute atomic E-state index is 0.0688. The van der Waals surface area contributed by atoms with E-state index >= 15 is 0 Å². The second-order valence-electron chi connectivity index (χ2n) is 5.78. The highest BCUT2D eigenvalue weighted by Gasteiger charge is 2.23.